The van der Waals surface area contributed by atoms with Gasteiger partial charge in [-0.15, -0.1) is 0 Å². The minimum absolute atomic E-state index is 0.0900. The van der Waals surface area contributed by atoms with E-state index in [1.165, 1.54) is 6.42 Å². The lowest BCUT2D eigenvalue weighted by atomic mass is 9.97. The minimum Gasteiger partial charge on any atom is -0.409 e. The number of nitrogens with one attached hydrogen (secondary N) is 1. The van der Waals surface area contributed by atoms with E-state index in [1.54, 1.807) is 12.1 Å². The standard InChI is InChI=1S/C14H19N3O2S/c15-13(17-19)12(10-5-2-1-3-6-10)14(18)16-9-11-7-4-8-20-11/h1-3,5-6,11-12,19H,4,7-9H2,(H2,15,17)(H,16,18). The van der Waals surface area contributed by atoms with Crippen molar-refractivity contribution in [3.8, 4) is 0 Å². The number of nitrogens with two attached hydrogens (primary N) is 1. The molecule has 1 fully saturated rings. The molecule has 1 amide bonds. The Kier molecular flexibility index (Phi) is 5.29. The quantitative estimate of drug-likeness (QED) is 0.332. The van der Waals surface area contributed by atoms with Crippen LogP contribution >= 0.6 is 11.8 Å². The molecule has 0 saturated carbocycles. The Balaban J connectivity index is 2.04. The number of carbonyl (C=O) groups is 1. The van der Waals surface area contributed by atoms with Gasteiger partial charge in [-0.25, -0.2) is 0 Å². The minimum atomic E-state index is -0.743. The molecule has 0 spiro atoms. The molecule has 2 atom stereocenters. The van der Waals surface area contributed by atoms with Crippen molar-refractivity contribution < 1.29 is 10.0 Å². The van der Waals surface area contributed by atoms with Gasteiger partial charge in [-0.1, -0.05) is 35.5 Å². The number of amides is 1. The summed E-state index contributed by atoms with van der Waals surface area (Å²) >= 11 is 1.88. The Labute approximate surface area is 122 Å². The fourth-order valence-corrected chi connectivity index (χ4v) is 3.48. The number of rotatable bonds is 5. The van der Waals surface area contributed by atoms with Crippen LogP contribution in [0.15, 0.2) is 35.5 Å². The summed E-state index contributed by atoms with van der Waals surface area (Å²) in [6.45, 7) is 0.630. The van der Waals surface area contributed by atoms with Crippen LogP contribution in [-0.4, -0.2) is 34.5 Å². The zero-order chi connectivity index (χ0) is 14.4. The number of hydrogen-bond donors (Lipinski definition) is 3. The fraction of sp³-hybridized carbons (Fsp3) is 0.429. The van der Waals surface area contributed by atoms with E-state index in [0.29, 0.717) is 11.8 Å². The van der Waals surface area contributed by atoms with Crippen molar-refractivity contribution >= 4 is 23.5 Å². The first-order valence-electron chi connectivity index (χ1n) is 6.64. The third-order valence-corrected chi connectivity index (χ3v) is 4.73. The third kappa shape index (κ3) is 3.66. The van der Waals surface area contributed by atoms with Gasteiger partial charge in [0, 0.05) is 11.8 Å². The maximum Gasteiger partial charge on any atom is 0.235 e. The van der Waals surface area contributed by atoms with Crippen molar-refractivity contribution in [2.75, 3.05) is 12.3 Å². The number of amidine groups is 1. The van der Waals surface area contributed by atoms with Gasteiger partial charge >= 0.3 is 0 Å². The summed E-state index contributed by atoms with van der Waals surface area (Å²) in [5, 5.41) is 15.2. The predicted molar refractivity (Wildman–Crippen MR) is 81.1 cm³/mol. The first-order valence-corrected chi connectivity index (χ1v) is 7.69. The number of carbonyl (C=O) groups excluding carboxylic acids is 1. The van der Waals surface area contributed by atoms with E-state index in [1.807, 2.05) is 30.0 Å². The molecular formula is C14H19N3O2S. The molecule has 2 rings (SSSR count). The Morgan fingerprint density at radius 3 is 2.85 bits per heavy atom. The van der Waals surface area contributed by atoms with Crippen molar-refractivity contribution in [2.24, 2.45) is 10.9 Å². The van der Waals surface area contributed by atoms with Crippen LogP contribution in [0.3, 0.4) is 0 Å². The van der Waals surface area contributed by atoms with Crippen LogP contribution in [0.1, 0.15) is 24.3 Å². The third-order valence-electron chi connectivity index (χ3n) is 3.33. The van der Waals surface area contributed by atoms with Crippen LogP contribution in [0.4, 0.5) is 0 Å². The van der Waals surface area contributed by atoms with Gasteiger partial charge in [0.15, 0.2) is 5.84 Å². The van der Waals surface area contributed by atoms with E-state index >= 15 is 0 Å². The second-order valence-corrected chi connectivity index (χ2v) is 6.16. The molecule has 108 valence electrons. The van der Waals surface area contributed by atoms with E-state index in [0.717, 1.165) is 17.7 Å². The van der Waals surface area contributed by atoms with Gasteiger partial charge in [0.2, 0.25) is 5.91 Å². The summed E-state index contributed by atoms with van der Waals surface area (Å²) in [4.78, 5) is 12.3. The number of oxime groups is 1. The largest absolute Gasteiger partial charge is 0.409 e. The predicted octanol–water partition coefficient (Wildman–Crippen LogP) is 1.53. The zero-order valence-corrected chi connectivity index (χ0v) is 12.0. The summed E-state index contributed by atoms with van der Waals surface area (Å²) in [6.07, 6.45) is 2.33. The second kappa shape index (κ2) is 7.19. The summed E-state index contributed by atoms with van der Waals surface area (Å²) in [6, 6.07) is 9.11. The van der Waals surface area contributed by atoms with E-state index in [4.69, 9.17) is 10.9 Å². The number of hydrogen-bond acceptors (Lipinski definition) is 4. The molecule has 4 N–H and O–H groups in total. The van der Waals surface area contributed by atoms with Gasteiger partial charge in [0.05, 0.1) is 0 Å². The summed E-state index contributed by atoms with van der Waals surface area (Å²) in [7, 11) is 0. The molecule has 0 aromatic heterocycles. The monoisotopic (exact) mass is 293 g/mol. The van der Waals surface area contributed by atoms with Crippen LogP contribution in [0.25, 0.3) is 0 Å². The first-order chi connectivity index (χ1) is 9.72. The zero-order valence-electron chi connectivity index (χ0n) is 11.2. The highest BCUT2D eigenvalue weighted by Crippen LogP contribution is 2.25. The Morgan fingerprint density at radius 1 is 1.50 bits per heavy atom. The van der Waals surface area contributed by atoms with Gasteiger partial charge in [-0.3, -0.25) is 4.79 Å². The van der Waals surface area contributed by atoms with E-state index in [-0.39, 0.29) is 11.7 Å². The Morgan fingerprint density at radius 2 is 2.25 bits per heavy atom. The van der Waals surface area contributed by atoms with Crippen molar-refractivity contribution in [2.45, 2.75) is 24.0 Å². The molecule has 2 unspecified atom stereocenters. The normalized spacial score (nSPS) is 20.6. The molecule has 0 bridgehead atoms. The van der Waals surface area contributed by atoms with Crippen LogP contribution in [-0.2, 0) is 4.79 Å². The molecule has 1 heterocycles. The maximum atomic E-state index is 12.3. The van der Waals surface area contributed by atoms with Crippen LogP contribution in [0, 0.1) is 0 Å². The van der Waals surface area contributed by atoms with Gasteiger partial charge in [-0.05, 0) is 24.2 Å². The molecule has 1 aromatic carbocycles. The number of nitrogens with zero attached hydrogens (tertiary/aromatic N) is 1. The van der Waals surface area contributed by atoms with Crippen LogP contribution in [0.2, 0.25) is 0 Å². The molecule has 6 heteroatoms. The van der Waals surface area contributed by atoms with Gasteiger partial charge in [0.1, 0.15) is 5.92 Å². The highest BCUT2D eigenvalue weighted by atomic mass is 32.2. The molecular weight excluding hydrogens is 274 g/mol. The van der Waals surface area contributed by atoms with Crippen molar-refractivity contribution in [1.82, 2.24) is 5.32 Å². The molecule has 0 aliphatic carbocycles. The first kappa shape index (κ1) is 14.7. The van der Waals surface area contributed by atoms with Gasteiger partial charge in [-0.2, -0.15) is 11.8 Å². The summed E-state index contributed by atoms with van der Waals surface area (Å²) in [5.74, 6) is 0.0995. The fourth-order valence-electron chi connectivity index (χ4n) is 2.28. The van der Waals surface area contributed by atoms with E-state index in [2.05, 4.69) is 10.5 Å². The number of thioether (sulfide) groups is 1. The SMILES string of the molecule is N/C(=N/O)C(C(=O)NCC1CCCS1)c1ccccc1. The second-order valence-electron chi connectivity index (χ2n) is 4.75. The van der Waals surface area contributed by atoms with Gasteiger partial charge < -0.3 is 16.3 Å². The van der Waals surface area contributed by atoms with Crippen molar-refractivity contribution in [3.63, 3.8) is 0 Å². The topological polar surface area (TPSA) is 87.7 Å². The molecule has 20 heavy (non-hydrogen) atoms. The summed E-state index contributed by atoms with van der Waals surface area (Å²) in [5.41, 5.74) is 6.39. The lowest BCUT2D eigenvalue weighted by molar-refractivity contribution is -0.121. The van der Waals surface area contributed by atoms with Crippen molar-refractivity contribution in [1.29, 1.82) is 0 Å². The molecule has 1 aromatic rings. The average Bonchev–Trinajstić information content (AvgIpc) is 2.99. The molecule has 1 saturated heterocycles. The summed E-state index contributed by atoms with van der Waals surface area (Å²) < 4.78 is 0. The van der Waals surface area contributed by atoms with Crippen molar-refractivity contribution in [3.05, 3.63) is 35.9 Å². The maximum absolute atomic E-state index is 12.3. The number of benzene rings is 1. The lowest BCUT2D eigenvalue weighted by Gasteiger charge is -2.17. The Bertz CT molecular complexity index is 473. The van der Waals surface area contributed by atoms with Gasteiger partial charge in [0.25, 0.3) is 0 Å². The van der Waals surface area contributed by atoms with Crippen LogP contribution in [0.5, 0.6) is 0 Å². The molecule has 5 nitrogen and oxygen atoms in total. The van der Waals surface area contributed by atoms with E-state index in [9.17, 15) is 4.79 Å². The smallest absolute Gasteiger partial charge is 0.235 e. The molecule has 1 aliphatic heterocycles. The highest BCUT2D eigenvalue weighted by Gasteiger charge is 2.26. The highest BCUT2D eigenvalue weighted by molar-refractivity contribution is 8.00. The Hall–Kier alpha value is -1.69. The van der Waals surface area contributed by atoms with E-state index < -0.39 is 5.92 Å². The lowest BCUT2D eigenvalue weighted by Crippen LogP contribution is -2.39. The van der Waals surface area contributed by atoms with Crippen LogP contribution < -0.4 is 11.1 Å². The molecule has 0 radical (unpaired) electrons. The average molecular weight is 293 g/mol. The molecule has 1 aliphatic rings.